The van der Waals surface area contributed by atoms with Crippen molar-refractivity contribution in [2.75, 3.05) is 0 Å². The molecule has 3 heteroatoms. The lowest BCUT2D eigenvalue weighted by Gasteiger charge is -2.21. The molecule has 0 bridgehead atoms. The normalized spacial score (nSPS) is 12.0. The van der Waals surface area contributed by atoms with E-state index in [1.807, 2.05) is 30.3 Å². The lowest BCUT2D eigenvalue weighted by molar-refractivity contribution is 0.476. The standard InChI is InChI=1S/C39H24N2O/c1-2-11-25(12-3-1)36-28-13-4-6-15-30(28)37(31-16-7-5-14-29(31)36)26-21-23-27(24-22-26)39-40-32-17-10-20-35-38(32)41(39)33-18-8-9-19-34(33)42-35/h1-24H. The highest BCUT2D eigenvalue weighted by molar-refractivity contribution is 6.21. The minimum Gasteiger partial charge on any atom is -0.453 e. The molecule has 0 amide bonds. The van der Waals surface area contributed by atoms with Crippen molar-refractivity contribution in [1.82, 2.24) is 9.55 Å². The predicted molar refractivity (Wildman–Crippen MR) is 172 cm³/mol. The zero-order valence-corrected chi connectivity index (χ0v) is 22.7. The van der Waals surface area contributed by atoms with E-state index in [1.165, 1.54) is 43.8 Å². The molecule has 0 unspecified atom stereocenters. The van der Waals surface area contributed by atoms with E-state index in [2.05, 4.69) is 120 Å². The molecular formula is C39H24N2O. The third-order valence-electron chi connectivity index (χ3n) is 8.39. The number of ether oxygens (including phenoxy) is 1. The van der Waals surface area contributed by atoms with E-state index in [4.69, 9.17) is 9.72 Å². The number of benzene rings is 7. The topological polar surface area (TPSA) is 27.1 Å². The molecule has 0 fully saturated rings. The summed E-state index contributed by atoms with van der Waals surface area (Å²) < 4.78 is 8.47. The minimum absolute atomic E-state index is 0.831. The van der Waals surface area contributed by atoms with Crippen LogP contribution in [0.5, 0.6) is 11.5 Å². The lowest BCUT2D eigenvalue weighted by Crippen LogP contribution is -2.05. The van der Waals surface area contributed by atoms with Gasteiger partial charge in [0.2, 0.25) is 0 Å². The predicted octanol–water partition coefficient (Wildman–Crippen LogP) is 10.4. The molecule has 0 saturated heterocycles. The van der Waals surface area contributed by atoms with Gasteiger partial charge in [0.05, 0.1) is 11.2 Å². The number of fused-ring (bicyclic) bond motifs is 4. The van der Waals surface area contributed by atoms with E-state index in [0.717, 1.165) is 39.6 Å². The molecule has 0 radical (unpaired) electrons. The molecule has 0 atom stereocenters. The quantitative estimate of drug-likeness (QED) is 0.210. The van der Waals surface area contributed by atoms with Crippen LogP contribution < -0.4 is 4.74 Å². The Hall–Kier alpha value is -5.67. The maximum absolute atomic E-state index is 6.24. The largest absolute Gasteiger partial charge is 0.453 e. The van der Waals surface area contributed by atoms with Crippen LogP contribution in [0.1, 0.15) is 0 Å². The zero-order chi connectivity index (χ0) is 27.6. The van der Waals surface area contributed by atoms with Crippen molar-refractivity contribution < 1.29 is 4.74 Å². The Morgan fingerprint density at radius 2 is 0.952 bits per heavy atom. The zero-order valence-electron chi connectivity index (χ0n) is 22.7. The highest BCUT2D eigenvalue weighted by atomic mass is 16.5. The summed E-state index contributed by atoms with van der Waals surface area (Å²) in [7, 11) is 0. The molecule has 7 aromatic carbocycles. The van der Waals surface area contributed by atoms with E-state index in [-0.39, 0.29) is 0 Å². The van der Waals surface area contributed by atoms with Crippen molar-refractivity contribution >= 4 is 32.6 Å². The highest BCUT2D eigenvalue weighted by Gasteiger charge is 2.25. The first kappa shape index (κ1) is 23.1. The highest BCUT2D eigenvalue weighted by Crippen LogP contribution is 2.45. The fourth-order valence-electron chi connectivity index (χ4n) is 6.59. The van der Waals surface area contributed by atoms with E-state index < -0.39 is 0 Å². The molecule has 42 heavy (non-hydrogen) atoms. The monoisotopic (exact) mass is 536 g/mol. The number of nitrogens with zero attached hydrogens (tertiary/aromatic N) is 2. The molecule has 1 aliphatic heterocycles. The molecule has 9 rings (SSSR count). The second-order valence-corrected chi connectivity index (χ2v) is 10.7. The summed E-state index contributed by atoms with van der Waals surface area (Å²) in [4.78, 5) is 5.08. The summed E-state index contributed by atoms with van der Waals surface area (Å²) in [6.07, 6.45) is 0. The van der Waals surface area contributed by atoms with Crippen molar-refractivity contribution in [3.8, 4) is 50.8 Å². The molecular weight excluding hydrogens is 512 g/mol. The number of hydrogen-bond acceptors (Lipinski definition) is 2. The van der Waals surface area contributed by atoms with Crippen molar-refractivity contribution in [2.45, 2.75) is 0 Å². The first-order chi connectivity index (χ1) is 20.8. The lowest BCUT2D eigenvalue weighted by atomic mass is 9.86. The maximum atomic E-state index is 6.24. The number of aromatic nitrogens is 2. The van der Waals surface area contributed by atoms with Crippen molar-refractivity contribution in [3.05, 3.63) is 146 Å². The molecule has 1 aromatic heterocycles. The van der Waals surface area contributed by atoms with Gasteiger partial charge in [-0.15, -0.1) is 0 Å². The Bertz CT molecular complexity index is 2260. The van der Waals surface area contributed by atoms with Crippen LogP contribution in [0.15, 0.2) is 146 Å². The molecule has 0 saturated carbocycles. The van der Waals surface area contributed by atoms with Crippen LogP contribution in [0.3, 0.4) is 0 Å². The third-order valence-corrected chi connectivity index (χ3v) is 8.39. The van der Waals surface area contributed by atoms with Crippen LogP contribution in [0.2, 0.25) is 0 Å². The van der Waals surface area contributed by atoms with Crippen LogP contribution in [0, 0.1) is 0 Å². The van der Waals surface area contributed by atoms with Crippen LogP contribution in [-0.4, -0.2) is 9.55 Å². The first-order valence-electron chi connectivity index (χ1n) is 14.2. The van der Waals surface area contributed by atoms with Crippen molar-refractivity contribution in [3.63, 3.8) is 0 Å². The summed E-state index contributed by atoms with van der Waals surface area (Å²) in [5, 5.41) is 5.02. The SMILES string of the molecule is c1ccc(-c2c3ccccc3c(-c3ccc(-c4nc5cccc6c5n4-c4ccccc4O6)cc3)c3ccccc23)cc1. The van der Waals surface area contributed by atoms with E-state index in [0.29, 0.717) is 0 Å². The second-order valence-electron chi connectivity index (χ2n) is 10.7. The Morgan fingerprint density at radius 3 is 1.62 bits per heavy atom. The molecule has 1 aliphatic rings. The van der Waals surface area contributed by atoms with Gasteiger partial charge in [0.25, 0.3) is 0 Å². The fraction of sp³-hybridized carbons (Fsp3) is 0. The van der Waals surface area contributed by atoms with Gasteiger partial charge in [-0.05, 0) is 68.1 Å². The Kier molecular flexibility index (Phi) is 4.90. The van der Waals surface area contributed by atoms with Gasteiger partial charge in [0, 0.05) is 5.56 Å². The van der Waals surface area contributed by atoms with Crippen molar-refractivity contribution in [2.24, 2.45) is 0 Å². The summed E-state index contributed by atoms with van der Waals surface area (Å²) >= 11 is 0. The van der Waals surface area contributed by atoms with Crippen molar-refractivity contribution in [1.29, 1.82) is 0 Å². The summed E-state index contributed by atoms with van der Waals surface area (Å²) in [6, 6.07) is 51.4. The molecule has 0 N–H and O–H groups in total. The first-order valence-corrected chi connectivity index (χ1v) is 14.2. The van der Waals surface area contributed by atoms with Gasteiger partial charge in [-0.25, -0.2) is 4.98 Å². The molecule has 3 nitrogen and oxygen atoms in total. The molecule has 8 aromatic rings. The van der Waals surface area contributed by atoms with E-state index >= 15 is 0 Å². The van der Waals surface area contributed by atoms with Gasteiger partial charge in [-0.3, -0.25) is 4.57 Å². The van der Waals surface area contributed by atoms with Gasteiger partial charge in [-0.2, -0.15) is 0 Å². The fourth-order valence-corrected chi connectivity index (χ4v) is 6.59. The van der Waals surface area contributed by atoms with Gasteiger partial charge in [-0.1, -0.05) is 121 Å². The van der Waals surface area contributed by atoms with E-state index in [1.54, 1.807) is 0 Å². The number of hydrogen-bond donors (Lipinski definition) is 0. The molecule has 196 valence electrons. The van der Waals surface area contributed by atoms with Gasteiger partial charge >= 0.3 is 0 Å². The van der Waals surface area contributed by atoms with Gasteiger partial charge < -0.3 is 4.74 Å². The van der Waals surface area contributed by atoms with Crippen LogP contribution in [-0.2, 0) is 0 Å². The third kappa shape index (κ3) is 3.31. The Labute approximate surface area is 242 Å². The second kappa shape index (κ2) is 8.92. The van der Waals surface area contributed by atoms with Crippen LogP contribution in [0.4, 0.5) is 0 Å². The Morgan fingerprint density at radius 1 is 0.429 bits per heavy atom. The van der Waals surface area contributed by atoms with Crippen LogP contribution in [0.25, 0.3) is 71.9 Å². The average Bonchev–Trinajstić information content (AvgIpc) is 3.45. The average molecular weight is 537 g/mol. The maximum Gasteiger partial charge on any atom is 0.153 e. The van der Waals surface area contributed by atoms with Gasteiger partial charge in [0.1, 0.15) is 11.3 Å². The molecule has 0 spiro atoms. The smallest absolute Gasteiger partial charge is 0.153 e. The minimum atomic E-state index is 0.831. The number of para-hydroxylation sites is 3. The number of rotatable bonds is 3. The summed E-state index contributed by atoms with van der Waals surface area (Å²) in [5.74, 6) is 2.58. The van der Waals surface area contributed by atoms with E-state index in [9.17, 15) is 0 Å². The Balaban J connectivity index is 1.26. The van der Waals surface area contributed by atoms with Gasteiger partial charge in [0.15, 0.2) is 11.5 Å². The molecule has 2 heterocycles. The number of imidazole rings is 1. The summed E-state index contributed by atoms with van der Waals surface area (Å²) in [6.45, 7) is 0. The summed E-state index contributed by atoms with van der Waals surface area (Å²) in [5.41, 5.74) is 8.95. The van der Waals surface area contributed by atoms with Crippen LogP contribution >= 0.6 is 0 Å². The molecule has 0 aliphatic carbocycles.